The Morgan fingerprint density at radius 2 is 1.83 bits per heavy atom. The summed E-state index contributed by atoms with van der Waals surface area (Å²) in [6.45, 7) is 6.39. The van der Waals surface area contributed by atoms with Crippen molar-refractivity contribution in [2.75, 3.05) is 18.1 Å². The number of carbonyl (C=O) groups excluding carboxylic acids is 6. The molecule has 0 bridgehead atoms. The monoisotopic (exact) mass is 502 g/mol. The smallest absolute Gasteiger partial charge is 0.308 e. The topological polar surface area (TPSA) is 151 Å². The number of esters is 1. The van der Waals surface area contributed by atoms with Crippen LogP contribution in [-0.4, -0.2) is 67.2 Å². The summed E-state index contributed by atoms with van der Waals surface area (Å²) in [5, 5.41) is 7.68. The Morgan fingerprint density at radius 3 is 2.44 bits per heavy atom. The van der Waals surface area contributed by atoms with Crippen molar-refractivity contribution in [3.8, 4) is 0 Å². The standard InChI is InChI=1S/C25H34N4O7/c1-5-15(3)23(27-16(4)31)25(35)26-13-21(32)29-19-10-8-7-9-17(19)11-20(29)24(34)28-18(14-30)12-22(33)36-6-2/h7-10,14-15,18,20,23H,5-6,11-13H2,1-4H3,(H,26,35)(H,27,31)(H,28,34)/t15-,18?,20-,23-/m0/s1. The SMILES string of the molecule is CCOC(=O)CC(C=O)NC(=O)[C@@H]1Cc2ccccc2N1C(=O)CNC(=O)[C@@H](NC(C)=O)[C@@H](C)CC. The molecule has 11 heteroatoms. The van der Waals surface area contributed by atoms with Gasteiger partial charge in [-0.3, -0.25) is 28.9 Å². The van der Waals surface area contributed by atoms with E-state index < -0.39 is 48.4 Å². The van der Waals surface area contributed by atoms with Crippen LogP contribution in [0.5, 0.6) is 0 Å². The molecule has 1 aromatic carbocycles. The van der Waals surface area contributed by atoms with Gasteiger partial charge in [0.25, 0.3) is 0 Å². The molecule has 1 unspecified atom stereocenters. The highest BCUT2D eigenvalue weighted by molar-refractivity contribution is 6.05. The van der Waals surface area contributed by atoms with E-state index in [2.05, 4.69) is 16.0 Å². The summed E-state index contributed by atoms with van der Waals surface area (Å²) in [5.41, 5.74) is 1.27. The van der Waals surface area contributed by atoms with Gasteiger partial charge in [-0.25, -0.2) is 0 Å². The van der Waals surface area contributed by atoms with E-state index in [0.29, 0.717) is 18.4 Å². The van der Waals surface area contributed by atoms with Crippen molar-refractivity contribution < 1.29 is 33.5 Å². The zero-order chi connectivity index (χ0) is 26.8. The number of nitrogens with zero attached hydrogens (tertiary/aromatic N) is 1. The lowest BCUT2D eigenvalue weighted by Gasteiger charge is -2.27. The van der Waals surface area contributed by atoms with Gasteiger partial charge in [-0.2, -0.15) is 0 Å². The molecule has 0 saturated heterocycles. The van der Waals surface area contributed by atoms with Crippen LogP contribution in [0.15, 0.2) is 24.3 Å². The molecule has 1 aromatic rings. The molecule has 11 nitrogen and oxygen atoms in total. The maximum atomic E-state index is 13.2. The summed E-state index contributed by atoms with van der Waals surface area (Å²) in [4.78, 5) is 75.1. The van der Waals surface area contributed by atoms with Crippen LogP contribution >= 0.6 is 0 Å². The van der Waals surface area contributed by atoms with Crippen molar-refractivity contribution in [1.82, 2.24) is 16.0 Å². The maximum absolute atomic E-state index is 13.2. The van der Waals surface area contributed by atoms with Crippen LogP contribution in [-0.2, 0) is 39.9 Å². The Hall–Kier alpha value is -3.76. The number of ether oxygens (including phenoxy) is 1. The predicted octanol–water partition coefficient (Wildman–Crippen LogP) is 0.248. The third-order valence-electron chi connectivity index (χ3n) is 6.00. The van der Waals surface area contributed by atoms with Crippen LogP contribution in [0.2, 0.25) is 0 Å². The molecule has 1 aliphatic heterocycles. The number of hydrogen-bond acceptors (Lipinski definition) is 7. The molecule has 1 aliphatic rings. The average molecular weight is 503 g/mol. The van der Waals surface area contributed by atoms with E-state index in [9.17, 15) is 28.8 Å². The van der Waals surface area contributed by atoms with Crippen LogP contribution in [0.4, 0.5) is 5.69 Å². The van der Waals surface area contributed by atoms with Crippen LogP contribution in [0, 0.1) is 5.92 Å². The molecule has 0 aromatic heterocycles. The molecule has 0 saturated carbocycles. The zero-order valence-corrected chi connectivity index (χ0v) is 21.0. The number of benzene rings is 1. The number of fused-ring (bicyclic) bond motifs is 1. The number of aldehydes is 1. The second kappa shape index (κ2) is 13.4. The fraction of sp³-hybridized carbons (Fsp3) is 0.520. The van der Waals surface area contributed by atoms with Crippen LogP contribution in [0.25, 0.3) is 0 Å². The van der Waals surface area contributed by atoms with Crippen molar-refractivity contribution in [3.05, 3.63) is 29.8 Å². The fourth-order valence-electron chi connectivity index (χ4n) is 3.99. The lowest BCUT2D eigenvalue weighted by Crippen LogP contribution is -2.55. The second-order valence-electron chi connectivity index (χ2n) is 8.65. The van der Waals surface area contributed by atoms with Crippen molar-refractivity contribution in [3.63, 3.8) is 0 Å². The Bertz CT molecular complexity index is 996. The van der Waals surface area contributed by atoms with Crippen molar-refractivity contribution in [2.24, 2.45) is 5.92 Å². The lowest BCUT2D eigenvalue weighted by molar-refractivity contribution is -0.144. The Balaban J connectivity index is 2.16. The first kappa shape index (κ1) is 28.5. The molecule has 4 amide bonds. The number of carbonyl (C=O) groups is 6. The highest BCUT2D eigenvalue weighted by Gasteiger charge is 2.39. The van der Waals surface area contributed by atoms with E-state index in [-0.39, 0.29) is 31.3 Å². The lowest BCUT2D eigenvalue weighted by atomic mass is 9.98. The number of rotatable bonds is 12. The first-order chi connectivity index (χ1) is 17.1. The summed E-state index contributed by atoms with van der Waals surface area (Å²) in [5.74, 6) is -2.79. The molecule has 4 atom stereocenters. The fourth-order valence-corrected chi connectivity index (χ4v) is 3.99. The van der Waals surface area contributed by atoms with Gasteiger partial charge in [-0.15, -0.1) is 0 Å². The Morgan fingerprint density at radius 1 is 1.14 bits per heavy atom. The summed E-state index contributed by atoms with van der Waals surface area (Å²) in [6.07, 6.45) is 0.957. The predicted molar refractivity (Wildman–Crippen MR) is 131 cm³/mol. The van der Waals surface area contributed by atoms with Crippen LogP contribution < -0.4 is 20.9 Å². The molecule has 0 radical (unpaired) electrons. The minimum atomic E-state index is -1.11. The van der Waals surface area contributed by atoms with Crippen molar-refractivity contribution in [2.45, 2.75) is 65.1 Å². The molecule has 2 rings (SSSR count). The molecule has 36 heavy (non-hydrogen) atoms. The van der Waals surface area contributed by atoms with E-state index >= 15 is 0 Å². The molecule has 0 fully saturated rings. The number of amides is 4. The summed E-state index contributed by atoms with van der Waals surface area (Å²) in [6, 6.07) is 4.10. The molecular formula is C25H34N4O7. The highest BCUT2D eigenvalue weighted by atomic mass is 16.5. The minimum Gasteiger partial charge on any atom is -0.466 e. The van der Waals surface area contributed by atoms with Gasteiger partial charge in [0.05, 0.1) is 25.6 Å². The third kappa shape index (κ3) is 7.37. The molecule has 0 spiro atoms. The van der Waals surface area contributed by atoms with Crippen molar-refractivity contribution >= 4 is 41.6 Å². The van der Waals surface area contributed by atoms with Crippen molar-refractivity contribution in [1.29, 1.82) is 0 Å². The van der Waals surface area contributed by atoms with Gasteiger partial charge in [0.15, 0.2) is 0 Å². The van der Waals surface area contributed by atoms with Gasteiger partial charge in [0.2, 0.25) is 23.6 Å². The Labute approximate surface area is 210 Å². The summed E-state index contributed by atoms with van der Waals surface area (Å²) < 4.78 is 4.83. The minimum absolute atomic E-state index is 0.143. The van der Waals surface area contributed by atoms with Gasteiger partial charge < -0.3 is 25.5 Å². The number of para-hydroxylation sites is 1. The van der Waals surface area contributed by atoms with Crippen LogP contribution in [0.3, 0.4) is 0 Å². The van der Waals surface area contributed by atoms with Gasteiger partial charge in [-0.05, 0) is 24.5 Å². The van der Waals surface area contributed by atoms with Gasteiger partial charge >= 0.3 is 5.97 Å². The molecule has 1 heterocycles. The number of hydrogen-bond donors (Lipinski definition) is 3. The molecule has 196 valence electrons. The summed E-state index contributed by atoms with van der Waals surface area (Å²) >= 11 is 0. The zero-order valence-electron chi connectivity index (χ0n) is 21.0. The van der Waals surface area contributed by atoms with E-state index in [1.54, 1.807) is 31.2 Å². The van der Waals surface area contributed by atoms with Gasteiger partial charge in [0, 0.05) is 19.0 Å². The van der Waals surface area contributed by atoms with E-state index in [1.165, 1.54) is 11.8 Å². The first-order valence-electron chi connectivity index (χ1n) is 12.0. The number of nitrogens with one attached hydrogen (secondary N) is 3. The molecule has 3 N–H and O–H groups in total. The van der Waals surface area contributed by atoms with Crippen LogP contribution in [0.1, 0.15) is 46.1 Å². The highest BCUT2D eigenvalue weighted by Crippen LogP contribution is 2.32. The van der Waals surface area contributed by atoms with E-state index in [0.717, 1.165) is 5.56 Å². The van der Waals surface area contributed by atoms with Gasteiger partial charge in [0.1, 0.15) is 18.4 Å². The largest absolute Gasteiger partial charge is 0.466 e. The van der Waals surface area contributed by atoms with E-state index in [4.69, 9.17) is 4.74 Å². The summed E-state index contributed by atoms with van der Waals surface area (Å²) in [7, 11) is 0. The average Bonchev–Trinajstić information content (AvgIpc) is 3.24. The molecule has 0 aliphatic carbocycles. The second-order valence-corrected chi connectivity index (χ2v) is 8.65. The third-order valence-corrected chi connectivity index (χ3v) is 6.00. The quantitative estimate of drug-likeness (QED) is 0.274. The Kier molecular flexibility index (Phi) is 10.6. The molecular weight excluding hydrogens is 468 g/mol. The maximum Gasteiger partial charge on any atom is 0.308 e. The van der Waals surface area contributed by atoms with Gasteiger partial charge in [-0.1, -0.05) is 38.5 Å². The number of anilines is 1. The van der Waals surface area contributed by atoms with E-state index in [1.807, 2.05) is 13.8 Å². The first-order valence-corrected chi connectivity index (χ1v) is 12.0. The normalized spacial score (nSPS) is 16.7.